The van der Waals surface area contributed by atoms with Gasteiger partial charge >= 0.3 is 0 Å². The van der Waals surface area contributed by atoms with Crippen LogP contribution in [-0.4, -0.2) is 35.6 Å². The second-order valence-electron chi connectivity index (χ2n) is 5.17. The van der Waals surface area contributed by atoms with Gasteiger partial charge in [-0.25, -0.2) is 4.98 Å². The summed E-state index contributed by atoms with van der Waals surface area (Å²) < 4.78 is 1.30. The summed E-state index contributed by atoms with van der Waals surface area (Å²) in [5, 5.41) is 4.71. The van der Waals surface area contributed by atoms with Crippen molar-refractivity contribution in [1.82, 2.24) is 15.2 Å². The van der Waals surface area contributed by atoms with Gasteiger partial charge in [-0.2, -0.15) is 0 Å². The van der Waals surface area contributed by atoms with Crippen LogP contribution in [0.4, 0.5) is 0 Å². The molecule has 0 spiro atoms. The molecule has 0 radical (unpaired) electrons. The van der Waals surface area contributed by atoms with Gasteiger partial charge in [-0.15, -0.1) is 11.3 Å². The molecule has 2 aromatic rings. The summed E-state index contributed by atoms with van der Waals surface area (Å²) >= 11 is 1.83. The quantitative estimate of drug-likeness (QED) is 0.929. The van der Waals surface area contributed by atoms with E-state index in [-0.39, 0.29) is 0 Å². The Hall–Kier alpha value is -0.970. The standard InChI is InChI=1S/C15H21N3S/c1-3-18(12-8-9-16-10-12)11(2)15-17-13-6-4-5-7-14(13)19-15/h4-7,11-12,16H,3,8-10H2,1-2H3. The van der Waals surface area contributed by atoms with Gasteiger partial charge in [0.15, 0.2) is 0 Å². The third-order valence-electron chi connectivity index (χ3n) is 4.03. The third kappa shape index (κ3) is 2.53. The van der Waals surface area contributed by atoms with Gasteiger partial charge in [-0.05, 0) is 38.6 Å². The van der Waals surface area contributed by atoms with Crippen LogP contribution in [0, 0.1) is 0 Å². The number of nitrogens with zero attached hydrogens (tertiary/aromatic N) is 2. The molecule has 1 aliphatic rings. The lowest BCUT2D eigenvalue weighted by molar-refractivity contribution is 0.162. The van der Waals surface area contributed by atoms with E-state index < -0.39 is 0 Å². The van der Waals surface area contributed by atoms with Crippen LogP contribution in [0.15, 0.2) is 24.3 Å². The Kier molecular flexibility index (Phi) is 3.82. The average molecular weight is 275 g/mol. The highest BCUT2D eigenvalue weighted by molar-refractivity contribution is 7.18. The maximum atomic E-state index is 4.81. The van der Waals surface area contributed by atoms with Crippen LogP contribution < -0.4 is 5.32 Å². The molecule has 2 atom stereocenters. The SMILES string of the molecule is CCN(C1CCNC1)C(C)c1nc2ccccc2s1. The number of nitrogens with one attached hydrogen (secondary N) is 1. The summed E-state index contributed by atoms with van der Waals surface area (Å²) in [5.41, 5.74) is 1.13. The zero-order chi connectivity index (χ0) is 13.2. The van der Waals surface area contributed by atoms with E-state index in [0.29, 0.717) is 12.1 Å². The molecule has 1 fully saturated rings. The van der Waals surface area contributed by atoms with Crippen LogP contribution in [-0.2, 0) is 0 Å². The zero-order valence-electron chi connectivity index (χ0n) is 11.6. The Labute approximate surface area is 118 Å². The van der Waals surface area contributed by atoms with E-state index in [1.165, 1.54) is 16.1 Å². The van der Waals surface area contributed by atoms with E-state index >= 15 is 0 Å². The van der Waals surface area contributed by atoms with Crippen molar-refractivity contribution in [3.05, 3.63) is 29.3 Å². The molecule has 0 saturated carbocycles. The van der Waals surface area contributed by atoms with Crippen LogP contribution in [0.25, 0.3) is 10.2 Å². The molecule has 2 unspecified atom stereocenters. The Morgan fingerprint density at radius 2 is 2.32 bits per heavy atom. The molecule has 3 nitrogen and oxygen atoms in total. The van der Waals surface area contributed by atoms with Gasteiger partial charge in [0.05, 0.1) is 16.3 Å². The normalized spacial score (nSPS) is 21.3. The van der Waals surface area contributed by atoms with Gasteiger partial charge in [0, 0.05) is 12.6 Å². The van der Waals surface area contributed by atoms with Crippen molar-refractivity contribution in [3.63, 3.8) is 0 Å². The molecule has 0 amide bonds. The van der Waals surface area contributed by atoms with Crippen LogP contribution in [0.5, 0.6) is 0 Å². The molecular formula is C15H21N3S. The number of hydrogen-bond acceptors (Lipinski definition) is 4. The maximum Gasteiger partial charge on any atom is 0.111 e. The van der Waals surface area contributed by atoms with Crippen molar-refractivity contribution in [2.75, 3.05) is 19.6 Å². The number of thiazole rings is 1. The Morgan fingerprint density at radius 1 is 1.47 bits per heavy atom. The Bertz CT molecular complexity index is 512. The molecule has 0 bridgehead atoms. The molecule has 1 N–H and O–H groups in total. The number of likely N-dealkylation sites (N-methyl/N-ethyl adjacent to an activating group) is 1. The molecule has 2 heterocycles. The fourth-order valence-corrected chi connectivity index (χ4v) is 4.02. The highest BCUT2D eigenvalue weighted by atomic mass is 32.1. The molecule has 1 aromatic heterocycles. The first-order valence-electron chi connectivity index (χ1n) is 7.11. The zero-order valence-corrected chi connectivity index (χ0v) is 12.4. The summed E-state index contributed by atoms with van der Waals surface area (Å²) in [7, 11) is 0. The molecule has 19 heavy (non-hydrogen) atoms. The third-order valence-corrected chi connectivity index (χ3v) is 5.24. The number of aromatic nitrogens is 1. The highest BCUT2D eigenvalue weighted by Crippen LogP contribution is 2.31. The number of para-hydroxylation sites is 1. The molecular weight excluding hydrogens is 254 g/mol. The topological polar surface area (TPSA) is 28.2 Å². The van der Waals surface area contributed by atoms with Gasteiger partial charge < -0.3 is 5.32 Å². The summed E-state index contributed by atoms with van der Waals surface area (Å²) in [5.74, 6) is 0. The van der Waals surface area contributed by atoms with Crippen molar-refractivity contribution >= 4 is 21.6 Å². The lowest BCUT2D eigenvalue weighted by atomic mass is 10.1. The molecule has 1 aliphatic heterocycles. The van der Waals surface area contributed by atoms with Crippen LogP contribution in [0.3, 0.4) is 0 Å². The largest absolute Gasteiger partial charge is 0.315 e. The minimum Gasteiger partial charge on any atom is -0.315 e. The summed E-state index contributed by atoms with van der Waals surface area (Å²) in [6.07, 6.45) is 1.25. The number of fused-ring (bicyclic) bond motifs is 1. The first-order valence-corrected chi connectivity index (χ1v) is 7.93. The molecule has 4 heteroatoms. The first-order chi connectivity index (χ1) is 9.29. The fourth-order valence-electron chi connectivity index (χ4n) is 2.98. The van der Waals surface area contributed by atoms with E-state index in [0.717, 1.165) is 25.2 Å². The predicted molar refractivity (Wildman–Crippen MR) is 81.7 cm³/mol. The number of rotatable bonds is 4. The van der Waals surface area contributed by atoms with Gasteiger partial charge in [-0.1, -0.05) is 19.1 Å². The maximum absolute atomic E-state index is 4.81. The van der Waals surface area contributed by atoms with Crippen molar-refractivity contribution < 1.29 is 0 Å². The lowest BCUT2D eigenvalue weighted by Crippen LogP contribution is -2.38. The van der Waals surface area contributed by atoms with E-state index in [1.807, 2.05) is 11.3 Å². The van der Waals surface area contributed by atoms with Crippen LogP contribution >= 0.6 is 11.3 Å². The van der Waals surface area contributed by atoms with Gasteiger partial charge in [0.1, 0.15) is 5.01 Å². The highest BCUT2D eigenvalue weighted by Gasteiger charge is 2.27. The van der Waals surface area contributed by atoms with Gasteiger partial charge in [-0.3, -0.25) is 4.90 Å². The van der Waals surface area contributed by atoms with E-state index in [2.05, 4.69) is 48.3 Å². The van der Waals surface area contributed by atoms with Crippen molar-refractivity contribution in [2.45, 2.75) is 32.4 Å². The molecule has 102 valence electrons. The minimum absolute atomic E-state index is 0.410. The fraction of sp³-hybridized carbons (Fsp3) is 0.533. The van der Waals surface area contributed by atoms with Crippen LogP contribution in [0.1, 0.15) is 31.3 Å². The van der Waals surface area contributed by atoms with E-state index in [1.54, 1.807) is 0 Å². The molecule has 1 aromatic carbocycles. The van der Waals surface area contributed by atoms with E-state index in [4.69, 9.17) is 4.98 Å². The second-order valence-corrected chi connectivity index (χ2v) is 6.24. The molecule has 0 aliphatic carbocycles. The number of hydrogen-bond donors (Lipinski definition) is 1. The monoisotopic (exact) mass is 275 g/mol. The second kappa shape index (κ2) is 5.57. The first kappa shape index (κ1) is 13.0. The lowest BCUT2D eigenvalue weighted by Gasteiger charge is -2.31. The summed E-state index contributed by atoms with van der Waals surface area (Å²) in [6.45, 7) is 7.89. The summed E-state index contributed by atoms with van der Waals surface area (Å²) in [4.78, 5) is 7.39. The van der Waals surface area contributed by atoms with Crippen LogP contribution in [0.2, 0.25) is 0 Å². The van der Waals surface area contributed by atoms with Gasteiger partial charge in [0.2, 0.25) is 0 Å². The predicted octanol–water partition coefficient (Wildman–Crippen LogP) is 3.04. The molecule has 3 rings (SSSR count). The van der Waals surface area contributed by atoms with E-state index in [9.17, 15) is 0 Å². The average Bonchev–Trinajstić information content (AvgIpc) is 3.08. The molecule has 1 saturated heterocycles. The Morgan fingerprint density at radius 3 is 3.00 bits per heavy atom. The Balaban J connectivity index is 1.86. The van der Waals surface area contributed by atoms with Crippen molar-refractivity contribution in [1.29, 1.82) is 0 Å². The van der Waals surface area contributed by atoms with Crippen molar-refractivity contribution in [2.24, 2.45) is 0 Å². The smallest absolute Gasteiger partial charge is 0.111 e. The summed E-state index contributed by atoms with van der Waals surface area (Å²) in [6, 6.07) is 9.49. The number of benzene rings is 1. The minimum atomic E-state index is 0.410. The van der Waals surface area contributed by atoms with Crippen molar-refractivity contribution in [3.8, 4) is 0 Å². The van der Waals surface area contributed by atoms with Gasteiger partial charge in [0.25, 0.3) is 0 Å².